The summed E-state index contributed by atoms with van der Waals surface area (Å²) in [5.74, 6) is 0.597. The molecule has 1 atom stereocenters. The summed E-state index contributed by atoms with van der Waals surface area (Å²) in [7, 11) is 0. The Morgan fingerprint density at radius 2 is 1.81 bits per heavy atom. The predicted octanol–water partition coefficient (Wildman–Crippen LogP) is 6.06. The average molecular weight is 484 g/mol. The van der Waals surface area contributed by atoms with Crippen LogP contribution in [0.2, 0.25) is 0 Å². The van der Waals surface area contributed by atoms with Crippen LogP contribution < -0.4 is 5.32 Å². The first-order chi connectivity index (χ1) is 17.6. The van der Waals surface area contributed by atoms with Crippen molar-refractivity contribution in [3.8, 4) is 11.5 Å². The van der Waals surface area contributed by atoms with Gasteiger partial charge in [0, 0.05) is 17.8 Å². The van der Waals surface area contributed by atoms with Gasteiger partial charge in [0.25, 0.3) is 0 Å². The summed E-state index contributed by atoms with van der Waals surface area (Å²) < 4.78 is 18.5. The van der Waals surface area contributed by atoms with Gasteiger partial charge in [-0.25, -0.2) is 13.9 Å². The molecule has 2 aliphatic rings. The molecule has 2 aromatic heterocycles. The summed E-state index contributed by atoms with van der Waals surface area (Å²) in [6.45, 7) is 2.36. The van der Waals surface area contributed by atoms with Gasteiger partial charge in [0.05, 0.1) is 29.7 Å². The van der Waals surface area contributed by atoms with E-state index in [-0.39, 0.29) is 17.9 Å². The monoisotopic (exact) mass is 483 g/mol. The smallest absolute Gasteiger partial charge is 0.318 e. The van der Waals surface area contributed by atoms with Crippen molar-refractivity contribution in [1.82, 2.24) is 24.6 Å². The molecule has 1 aliphatic carbocycles. The molecule has 3 heterocycles. The van der Waals surface area contributed by atoms with E-state index in [4.69, 9.17) is 5.10 Å². The highest BCUT2D eigenvalue weighted by molar-refractivity contribution is 5.76. The lowest BCUT2D eigenvalue weighted by Crippen LogP contribution is -2.46. The second-order valence-corrected chi connectivity index (χ2v) is 9.81. The SMILES string of the molecule is Cc1nn(-c2ccccc2)c2c1CN(C(=O)NC1CCCCC1)C(c1cccc(F)c1)c1cccn1-2. The summed E-state index contributed by atoms with van der Waals surface area (Å²) in [5, 5.41) is 8.18. The van der Waals surface area contributed by atoms with Gasteiger partial charge in [0.1, 0.15) is 11.6 Å². The Labute approximate surface area is 210 Å². The molecular formula is C29H30FN5O. The number of amides is 2. The van der Waals surface area contributed by atoms with E-state index in [2.05, 4.69) is 9.88 Å². The fourth-order valence-corrected chi connectivity index (χ4v) is 5.68. The second-order valence-electron chi connectivity index (χ2n) is 9.81. The molecule has 7 heteroatoms. The van der Waals surface area contributed by atoms with Crippen LogP contribution in [0.25, 0.3) is 11.5 Å². The summed E-state index contributed by atoms with van der Waals surface area (Å²) in [6.07, 6.45) is 7.48. The zero-order valence-electron chi connectivity index (χ0n) is 20.4. The molecule has 0 spiro atoms. The van der Waals surface area contributed by atoms with Crippen molar-refractivity contribution in [2.24, 2.45) is 0 Å². The van der Waals surface area contributed by atoms with Crippen molar-refractivity contribution in [3.05, 3.63) is 101 Å². The van der Waals surface area contributed by atoms with Crippen LogP contribution in [0.4, 0.5) is 9.18 Å². The minimum absolute atomic E-state index is 0.122. The van der Waals surface area contributed by atoms with E-state index >= 15 is 0 Å². The van der Waals surface area contributed by atoms with Gasteiger partial charge in [0.2, 0.25) is 0 Å². The number of halogens is 1. The van der Waals surface area contributed by atoms with Gasteiger partial charge in [-0.2, -0.15) is 5.10 Å². The van der Waals surface area contributed by atoms with Crippen LogP contribution in [0.5, 0.6) is 0 Å². The van der Waals surface area contributed by atoms with Crippen molar-refractivity contribution < 1.29 is 9.18 Å². The molecular weight excluding hydrogens is 453 g/mol. The Morgan fingerprint density at radius 1 is 1.00 bits per heavy atom. The highest BCUT2D eigenvalue weighted by Crippen LogP contribution is 2.38. The van der Waals surface area contributed by atoms with Crippen molar-refractivity contribution in [1.29, 1.82) is 0 Å². The first-order valence-corrected chi connectivity index (χ1v) is 12.7. The number of aromatic nitrogens is 3. The van der Waals surface area contributed by atoms with Crippen molar-refractivity contribution >= 4 is 6.03 Å². The average Bonchev–Trinajstić information content (AvgIpc) is 3.45. The van der Waals surface area contributed by atoms with Crippen LogP contribution in [-0.2, 0) is 6.54 Å². The van der Waals surface area contributed by atoms with E-state index in [1.54, 1.807) is 6.07 Å². The van der Waals surface area contributed by atoms with E-state index in [1.165, 1.54) is 18.6 Å². The van der Waals surface area contributed by atoms with Crippen molar-refractivity contribution in [3.63, 3.8) is 0 Å². The number of para-hydroxylation sites is 1. The highest BCUT2D eigenvalue weighted by atomic mass is 19.1. The molecule has 0 saturated heterocycles. The summed E-state index contributed by atoms with van der Waals surface area (Å²) >= 11 is 0. The number of hydrogen-bond donors (Lipinski definition) is 1. The number of fused-ring (bicyclic) bond motifs is 3. The van der Waals surface area contributed by atoms with Crippen molar-refractivity contribution in [2.45, 2.75) is 57.7 Å². The van der Waals surface area contributed by atoms with E-state index in [0.29, 0.717) is 6.54 Å². The molecule has 0 radical (unpaired) electrons. The largest absolute Gasteiger partial charge is 0.335 e. The molecule has 1 N–H and O–H groups in total. The van der Waals surface area contributed by atoms with Gasteiger partial charge in [-0.1, -0.05) is 49.6 Å². The maximum absolute atomic E-state index is 14.4. The molecule has 6 rings (SSSR count). The fourth-order valence-electron chi connectivity index (χ4n) is 5.68. The molecule has 2 aromatic carbocycles. The predicted molar refractivity (Wildman–Crippen MR) is 137 cm³/mol. The molecule has 36 heavy (non-hydrogen) atoms. The number of hydrogen-bond acceptors (Lipinski definition) is 2. The van der Waals surface area contributed by atoms with Crippen LogP contribution in [0.1, 0.15) is 60.7 Å². The maximum atomic E-state index is 14.4. The quantitative estimate of drug-likeness (QED) is 0.385. The minimum atomic E-state index is -0.449. The first-order valence-electron chi connectivity index (χ1n) is 12.7. The lowest BCUT2D eigenvalue weighted by atomic mass is 9.95. The molecule has 4 aromatic rings. The topological polar surface area (TPSA) is 55.1 Å². The number of nitrogens with one attached hydrogen (secondary N) is 1. The second kappa shape index (κ2) is 9.30. The zero-order chi connectivity index (χ0) is 24.6. The summed E-state index contributed by atoms with van der Waals surface area (Å²) in [6, 6.07) is 20.2. The number of carbonyl (C=O) groups is 1. The summed E-state index contributed by atoms with van der Waals surface area (Å²) in [4.78, 5) is 15.8. The van der Waals surface area contributed by atoms with Crippen LogP contribution >= 0.6 is 0 Å². The van der Waals surface area contributed by atoms with Gasteiger partial charge in [0.15, 0.2) is 0 Å². The van der Waals surface area contributed by atoms with Crippen LogP contribution in [0.3, 0.4) is 0 Å². The Morgan fingerprint density at radius 3 is 2.58 bits per heavy atom. The zero-order valence-corrected chi connectivity index (χ0v) is 20.4. The lowest BCUT2D eigenvalue weighted by molar-refractivity contribution is 0.173. The third kappa shape index (κ3) is 3.98. The third-order valence-corrected chi connectivity index (χ3v) is 7.44. The summed E-state index contributed by atoms with van der Waals surface area (Å²) in [5.41, 5.74) is 4.44. The van der Waals surface area contributed by atoms with Crippen LogP contribution in [0, 0.1) is 12.7 Å². The first kappa shape index (κ1) is 22.6. The normalized spacial score (nSPS) is 17.8. The Hall–Kier alpha value is -3.87. The standard InChI is InChI=1S/C29H30FN5O/c1-20-25-19-34(29(36)31-23-12-4-2-5-13-23)27(21-10-8-11-22(30)18-21)26-16-9-17-33(26)28(25)35(32-20)24-14-6-3-7-15-24/h3,6-11,14-18,23,27H,2,4-5,12-13,19H2,1H3,(H,31,36). The Kier molecular flexibility index (Phi) is 5.83. The number of aryl methyl sites for hydroxylation is 1. The van der Waals surface area contributed by atoms with E-state index < -0.39 is 6.04 Å². The van der Waals surface area contributed by atoms with Crippen LogP contribution in [0.15, 0.2) is 72.9 Å². The number of nitrogens with zero attached hydrogens (tertiary/aromatic N) is 4. The molecule has 1 aliphatic heterocycles. The molecule has 1 fully saturated rings. The van der Waals surface area contributed by atoms with E-state index in [1.807, 2.05) is 71.2 Å². The minimum Gasteiger partial charge on any atom is -0.335 e. The van der Waals surface area contributed by atoms with Gasteiger partial charge in [-0.15, -0.1) is 0 Å². The third-order valence-electron chi connectivity index (χ3n) is 7.44. The van der Waals surface area contributed by atoms with Gasteiger partial charge in [-0.05, 0) is 61.7 Å². The van der Waals surface area contributed by atoms with E-state index in [9.17, 15) is 9.18 Å². The lowest BCUT2D eigenvalue weighted by Gasteiger charge is -2.33. The molecule has 1 unspecified atom stereocenters. The van der Waals surface area contributed by atoms with E-state index in [0.717, 1.165) is 59.7 Å². The highest BCUT2D eigenvalue weighted by Gasteiger charge is 2.36. The molecule has 184 valence electrons. The molecule has 2 amide bonds. The number of benzene rings is 2. The van der Waals surface area contributed by atoms with Gasteiger partial charge >= 0.3 is 6.03 Å². The maximum Gasteiger partial charge on any atom is 0.318 e. The molecule has 0 bridgehead atoms. The molecule has 6 nitrogen and oxygen atoms in total. The van der Waals surface area contributed by atoms with Crippen LogP contribution in [-0.4, -0.2) is 31.3 Å². The Bertz CT molecular complexity index is 1390. The Balaban J connectivity index is 1.51. The number of urea groups is 1. The van der Waals surface area contributed by atoms with Gasteiger partial charge < -0.3 is 14.8 Å². The number of carbonyl (C=O) groups excluding carboxylic acids is 1. The fraction of sp³-hybridized carbons (Fsp3) is 0.310. The van der Waals surface area contributed by atoms with Gasteiger partial charge in [-0.3, -0.25) is 0 Å². The van der Waals surface area contributed by atoms with Crippen molar-refractivity contribution in [2.75, 3.05) is 0 Å². The molecule has 1 saturated carbocycles. The number of rotatable bonds is 3.